The number of hydrogen-bond donors (Lipinski definition) is 1. The number of rotatable bonds is 3. The van der Waals surface area contributed by atoms with Crippen LogP contribution in [0.15, 0.2) is 30.3 Å². The van der Waals surface area contributed by atoms with Crippen LogP contribution in [0, 0.1) is 5.41 Å². The predicted molar refractivity (Wildman–Crippen MR) is 83.0 cm³/mol. The van der Waals surface area contributed by atoms with Crippen molar-refractivity contribution in [2.24, 2.45) is 5.41 Å². The second-order valence-electron chi connectivity index (χ2n) is 7.10. The third kappa shape index (κ3) is 5.58. The number of ketones is 1. The van der Waals surface area contributed by atoms with Crippen molar-refractivity contribution in [3.63, 3.8) is 0 Å². The normalized spacial score (nSPS) is 13.4. The van der Waals surface area contributed by atoms with Gasteiger partial charge in [0.1, 0.15) is 11.6 Å². The van der Waals surface area contributed by atoms with Crippen LogP contribution in [0.5, 0.6) is 0 Å². The van der Waals surface area contributed by atoms with Gasteiger partial charge in [0.2, 0.25) is 0 Å². The summed E-state index contributed by atoms with van der Waals surface area (Å²) in [5.74, 6) is -0.0560. The van der Waals surface area contributed by atoms with Crippen LogP contribution < -0.4 is 5.32 Å². The van der Waals surface area contributed by atoms with Gasteiger partial charge in [-0.2, -0.15) is 0 Å². The first-order valence-electron chi connectivity index (χ1n) is 7.09. The molecule has 0 aliphatic carbocycles. The summed E-state index contributed by atoms with van der Waals surface area (Å²) in [6.07, 6.45) is -0.589. The topological polar surface area (TPSA) is 55.4 Å². The van der Waals surface area contributed by atoms with E-state index in [0.29, 0.717) is 0 Å². The molecule has 4 heteroatoms. The minimum atomic E-state index is -0.707. The number of carbonyl (C=O) groups is 2. The van der Waals surface area contributed by atoms with E-state index in [1.807, 2.05) is 51.1 Å². The van der Waals surface area contributed by atoms with E-state index >= 15 is 0 Å². The number of carbonyl (C=O) groups excluding carboxylic acids is 2. The number of benzene rings is 1. The van der Waals surface area contributed by atoms with Crippen molar-refractivity contribution in [2.45, 2.75) is 53.2 Å². The Kier molecular flexibility index (Phi) is 5.15. The quantitative estimate of drug-likeness (QED) is 0.919. The summed E-state index contributed by atoms with van der Waals surface area (Å²) in [6, 6.07) is 8.50. The molecular weight excluding hydrogens is 266 g/mol. The molecule has 0 fully saturated rings. The van der Waals surface area contributed by atoms with Crippen LogP contribution in [0.4, 0.5) is 4.79 Å². The third-order valence-corrected chi connectivity index (χ3v) is 2.80. The highest BCUT2D eigenvalue weighted by molar-refractivity contribution is 5.92. The van der Waals surface area contributed by atoms with Crippen molar-refractivity contribution >= 4 is 11.9 Å². The number of Topliss-reactive ketones (excluding diaryl/α,β-unsaturated/α-hetero) is 1. The first kappa shape index (κ1) is 17.2. The summed E-state index contributed by atoms with van der Waals surface area (Å²) in [4.78, 5) is 24.6. The smallest absolute Gasteiger partial charge is 0.408 e. The van der Waals surface area contributed by atoms with E-state index in [2.05, 4.69) is 5.32 Å². The molecular formula is C17H25NO3. The van der Waals surface area contributed by atoms with E-state index < -0.39 is 23.2 Å². The summed E-state index contributed by atoms with van der Waals surface area (Å²) in [7, 11) is 0. The van der Waals surface area contributed by atoms with E-state index in [-0.39, 0.29) is 5.78 Å². The molecule has 0 saturated heterocycles. The van der Waals surface area contributed by atoms with Gasteiger partial charge in [-0.05, 0) is 26.3 Å². The van der Waals surface area contributed by atoms with Gasteiger partial charge in [-0.3, -0.25) is 4.79 Å². The standard InChI is InChI=1S/C17H25NO3/c1-16(2,3)14(19)13(12-10-8-7-9-11-12)18-15(20)21-17(4,5)6/h7-11,13H,1-6H3,(H,18,20). The second-order valence-corrected chi connectivity index (χ2v) is 7.10. The molecule has 0 spiro atoms. The number of hydrogen-bond acceptors (Lipinski definition) is 3. The van der Waals surface area contributed by atoms with Crippen LogP contribution in [-0.2, 0) is 9.53 Å². The van der Waals surface area contributed by atoms with E-state index in [9.17, 15) is 9.59 Å². The Bertz CT molecular complexity index is 495. The Hall–Kier alpha value is -1.84. The zero-order chi connectivity index (χ0) is 16.3. The van der Waals surface area contributed by atoms with Gasteiger partial charge in [0, 0.05) is 5.41 Å². The molecule has 1 rings (SSSR count). The lowest BCUT2D eigenvalue weighted by atomic mass is 9.84. The van der Waals surface area contributed by atoms with Gasteiger partial charge >= 0.3 is 6.09 Å². The van der Waals surface area contributed by atoms with Gasteiger partial charge in [-0.1, -0.05) is 51.1 Å². The van der Waals surface area contributed by atoms with Gasteiger partial charge in [-0.25, -0.2) is 4.79 Å². The summed E-state index contributed by atoms with van der Waals surface area (Å²) in [5, 5.41) is 2.69. The molecule has 1 unspecified atom stereocenters. The van der Waals surface area contributed by atoms with Crippen LogP contribution in [-0.4, -0.2) is 17.5 Å². The molecule has 0 aliphatic rings. The lowest BCUT2D eigenvalue weighted by Crippen LogP contribution is -2.41. The first-order valence-corrected chi connectivity index (χ1v) is 7.09. The SMILES string of the molecule is CC(C)(C)OC(=O)NC(C(=O)C(C)(C)C)c1ccccc1. The Morgan fingerprint density at radius 2 is 1.52 bits per heavy atom. The zero-order valence-electron chi connectivity index (χ0n) is 13.7. The van der Waals surface area contributed by atoms with Crippen LogP contribution in [0.1, 0.15) is 53.1 Å². The number of ether oxygens (including phenoxy) is 1. The van der Waals surface area contributed by atoms with Crippen molar-refractivity contribution in [1.82, 2.24) is 5.32 Å². The van der Waals surface area contributed by atoms with Crippen LogP contribution in [0.2, 0.25) is 0 Å². The van der Waals surface area contributed by atoms with E-state index in [1.54, 1.807) is 20.8 Å². The molecule has 0 heterocycles. The van der Waals surface area contributed by atoms with Crippen molar-refractivity contribution in [2.75, 3.05) is 0 Å². The lowest BCUT2D eigenvalue weighted by molar-refractivity contribution is -0.128. The van der Waals surface area contributed by atoms with E-state index in [0.717, 1.165) is 5.56 Å². The Morgan fingerprint density at radius 3 is 1.95 bits per heavy atom. The summed E-state index contributed by atoms with van der Waals surface area (Å²) in [6.45, 7) is 10.9. The molecule has 4 nitrogen and oxygen atoms in total. The van der Waals surface area contributed by atoms with E-state index in [4.69, 9.17) is 4.74 Å². The van der Waals surface area contributed by atoms with Crippen molar-refractivity contribution in [3.05, 3.63) is 35.9 Å². The maximum absolute atomic E-state index is 12.6. The second kappa shape index (κ2) is 6.29. The molecule has 0 aliphatic heterocycles. The zero-order valence-corrected chi connectivity index (χ0v) is 13.7. The Morgan fingerprint density at radius 1 is 1.00 bits per heavy atom. The fourth-order valence-electron chi connectivity index (χ4n) is 1.80. The summed E-state index contributed by atoms with van der Waals surface area (Å²) >= 11 is 0. The largest absolute Gasteiger partial charge is 0.444 e. The Labute approximate surface area is 126 Å². The maximum Gasteiger partial charge on any atom is 0.408 e. The summed E-state index contributed by atoms with van der Waals surface area (Å²) in [5.41, 5.74) is -0.408. The molecule has 1 aromatic rings. The summed E-state index contributed by atoms with van der Waals surface area (Å²) < 4.78 is 5.25. The number of amides is 1. The highest BCUT2D eigenvalue weighted by Crippen LogP contribution is 2.26. The monoisotopic (exact) mass is 291 g/mol. The first-order chi connectivity index (χ1) is 9.50. The lowest BCUT2D eigenvalue weighted by Gasteiger charge is -2.27. The fourth-order valence-corrected chi connectivity index (χ4v) is 1.80. The van der Waals surface area contributed by atoms with E-state index in [1.165, 1.54) is 0 Å². The van der Waals surface area contributed by atoms with Gasteiger partial charge in [0.15, 0.2) is 5.78 Å². The number of alkyl carbamates (subject to hydrolysis) is 1. The van der Waals surface area contributed by atoms with Crippen molar-refractivity contribution in [1.29, 1.82) is 0 Å². The molecule has 21 heavy (non-hydrogen) atoms. The van der Waals surface area contributed by atoms with Crippen LogP contribution in [0.3, 0.4) is 0 Å². The van der Waals surface area contributed by atoms with Gasteiger partial charge in [0.05, 0.1) is 0 Å². The fraction of sp³-hybridized carbons (Fsp3) is 0.529. The Balaban J connectivity index is 2.99. The number of nitrogens with one attached hydrogen (secondary N) is 1. The average molecular weight is 291 g/mol. The van der Waals surface area contributed by atoms with Gasteiger partial charge in [-0.15, -0.1) is 0 Å². The van der Waals surface area contributed by atoms with Crippen molar-refractivity contribution in [3.8, 4) is 0 Å². The molecule has 0 radical (unpaired) electrons. The predicted octanol–water partition coefficient (Wildman–Crippen LogP) is 3.87. The van der Waals surface area contributed by atoms with Gasteiger partial charge in [0.25, 0.3) is 0 Å². The van der Waals surface area contributed by atoms with Crippen LogP contribution in [0.25, 0.3) is 0 Å². The molecule has 116 valence electrons. The average Bonchev–Trinajstić information content (AvgIpc) is 2.33. The van der Waals surface area contributed by atoms with Crippen molar-refractivity contribution < 1.29 is 14.3 Å². The molecule has 1 atom stereocenters. The third-order valence-electron chi connectivity index (χ3n) is 2.80. The molecule has 0 bridgehead atoms. The van der Waals surface area contributed by atoms with Gasteiger partial charge < -0.3 is 10.1 Å². The minimum Gasteiger partial charge on any atom is -0.444 e. The molecule has 0 saturated carbocycles. The highest BCUT2D eigenvalue weighted by Gasteiger charge is 2.32. The highest BCUT2D eigenvalue weighted by atomic mass is 16.6. The molecule has 1 aromatic carbocycles. The minimum absolute atomic E-state index is 0.0560. The molecule has 1 amide bonds. The maximum atomic E-state index is 12.6. The molecule has 1 N–H and O–H groups in total. The molecule has 0 aromatic heterocycles. The van der Waals surface area contributed by atoms with Crippen LogP contribution >= 0.6 is 0 Å².